The monoisotopic (exact) mass is 187 g/mol. The van der Waals surface area contributed by atoms with Crippen molar-refractivity contribution in [3.05, 3.63) is 0 Å². The molecule has 0 aromatic carbocycles. The molecule has 0 heterocycles. The molecule has 1 atom stereocenters. The smallest absolute Gasteiger partial charge is 0.394 e. The number of hydrogen-bond donors (Lipinski definition) is 2. The lowest BCUT2D eigenvalue weighted by molar-refractivity contribution is -0.145. The van der Waals surface area contributed by atoms with E-state index in [4.69, 9.17) is 10.2 Å². The molecule has 0 saturated carbocycles. The van der Waals surface area contributed by atoms with Crippen molar-refractivity contribution in [2.45, 2.75) is 12.3 Å². The van der Waals surface area contributed by atoms with Crippen molar-refractivity contribution in [1.29, 1.82) is 0 Å². The lowest BCUT2D eigenvalue weighted by Crippen LogP contribution is -2.37. The lowest BCUT2D eigenvalue weighted by atomic mass is 10.3. The number of aliphatic hydroxyl groups is 2. The molecule has 0 rings (SSSR count). The molecule has 0 saturated heterocycles. The number of nitrogens with zero attached hydrogens (tertiary/aromatic N) is 1. The van der Waals surface area contributed by atoms with Gasteiger partial charge in [0.25, 0.3) is 0 Å². The van der Waals surface area contributed by atoms with Gasteiger partial charge in [0.15, 0.2) is 0 Å². The highest BCUT2D eigenvalue weighted by molar-refractivity contribution is 4.63. The van der Waals surface area contributed by atoms with Gasteiger partial charge in [0, 0.05) is 6.54 Å². The number of aliphatic hydroxyl groups excluding tert-OH is 2. The van der Waals surface area contributed by atoms with E-state index >= 15 is 0 Å². The molecule has 74 valence electrons. The van der Waals surface area contributed by atoms with Gasteiger partial charge in [-0.25, -0.2) is 0 Å². The first-order chi connectivity index (χ1) is 5.35. The molecule has 0 fully saturated rings. The number of alkyl halides is 3. The van der Waals surface area contributed by atoms with E-state index in [0.29, 0.717) is 0 Å². The second-order valence-corrected chi connectivity index (χ2v) is 2.65. The Hall–Kier alpha value is -0.330. The fraction of sp³-hybridized carbons (Fsp3) is 1.00. The third kappa shape index (κ3) is 6.38. The lowest BCUT2D eigenvalue weighted by Gasteiger charge is -2.20. The van der Waals surface area contributed by atoms with Crippen molar-refractivity contribution in [3.8, 4) is 0 Å². The molecule has 6 heteroatoms. The molecule has 0 radical (unpaired) electrons. The Bertz CT molecular complexity index is 128. The minimum Gasteiger partial charge on any atom is -0.394 e. The molecular formula is C6H12F3NO2. The summed E-state index contributed by atoms with van der Waals surface area (Å²) in [6, 6.07) is 0. The van der Waals surface area contributed by atoms with Crippen molar-refractivity contribution in [3.63, 3.8) is 0 Å². The maximum atomic E-state index is 11.7. The summed E-state index contributed by atoms with van der Waals surface area (Å²) in [5.41, 5.74) is 0. The van der Waals surface area contributed by atoms with Crippen molar-refractivity contribution in [2.24, 2.45) is 0 Å². The van der Waals surface area contributed by atoms with Crippen LogP contribution in [0.15, 0.2) is 0 Å². The standard InChI is InChI=1S/C6H12F3NO2/c1-10(2-5(12)3-11)4-6(7,8)9/h5,11-12H,2-4H2,1H3. The molecule has 0 aromatic rings. The van der Waals surface area contributed by atoms with Crippen LogP contribution in [0.3, 0.4) is 0 Å². The minimum absolute atomic E-state index is 0.185. The van der Waals surface area contributed by atoms with E-state index in [1.165, 1.54) is 7.05 Å². The summed E-state index contributed by atoms with van der Waals surface area (Å²) in [4.78, 5) is 0.904. The summed E-state index contributed by atoms with van der Waals surface area (Å²) in [6.07, 6.45) is -5.37. The van der Waals surface area contributed by atoms with Crippen LogP contribution in [-0.2, 0) is 0 Å². The number of rotatable bonds is 4. The zero-order chi connectivity index (χ0) is 9.78. The maximum Gasteiger partial charge on any atom is 0.401 e. The Kier molecular flexibility index (Phi) is 4.51. The Morgan fingerprint density at radius 2 is 1.92 bits per heavy atom. The van der Waals surface area contributed by atoms with Crippen LogP contribution in [0.5, 0.6) is 0 Å². The molecule has 0 aliphatic rings. The van der Waals surface area contributed by atoms with E-state index in [1.54, 1.807) is 0 Å². The summed E-state index contributed by atoms with van der Waals surface area (Å²) in [7, 11) is 1.23. The SMILES string of the molecule is CN(CC(O)CO)CC(F)(F)F. The van der Waals surface area contributed by atoms with E-state index in [2.05, 4.69) is 0 Å². The van der Waals surface area contributed by atoms with E-state index in [-0.39, 0.29) is 6.54 Å². The van der Waals surface area contributed by atoms with Gasteiger partial charge in [-0.1, -0.05) is 0 Å². The van der Waals surface area contributed by atoms with Crippen LogP contribution in [0.1, 0.15) is 0 Å². The quantitative estimate of drug-likeness (QED) is 0.642. The first-order valence-electron chi connectivity index (χ1n) is 3.39. The number of likely N-dealkylation sites (N-methyl/N-ethyl adjacent to an activating group) is 1. The topological polar surface area (TPSA) is 43.7 Å². The fourth-order valence-corrected chi connectivity index (χ4v) is 0.788. The average Bonchev–Trinajstić information content (AvgIpc) is 1.82. The summed E-state index contributed by atoms with van der Waals surface area (Å²) in [5, 5.41) is 17.1. The van der Waals surface area contributed by atoms with E-state index in [0.717, 1.165) is 4.90 Å². The Balaban J connectivity index is 3.66. The van der Waals surface area contributed by atoms with E-state index in [9.17, 15) is 13.2 Å². The Morgan fingerprint density at radius 3 is 2.25 bits per heavy atom. The van der Waals surface area contributed by atoms with E-state index in [1.807, 2.05) is 0 Å². The van der Waals surface area contributed by atoms with Crippen LogP contribution in [-0.4, -0.2) is 54.1 Å². The zero-order valence-corrected chi connectivity index (χ0v) is 6.67. The van der Waals surface area contributed by atoms with Gasteiger partial charge in [0.05, 0.1) is 19.3 Å². The molecular weight excluding hydrogens is 175 g/mol. The third-order valence-electron chi connectivity index (χ3n) is 1.18. The summed E-state index contributed by atoms with van der Waals surface area (Å²) < 4.78 is 35.0. The van der Waals surface area contributed by atoms with Crippen LogP contribution in [0.2, 0.25) is 0 Å². The highest BCUT2D eigenvalue weighted by atomic mass is 19.4. The molecule has 1 unspecified atom stereocenters. The molecule has 0 spiro atoms. The normalized spacial score (nSPS) is 15.2. The van der Waals surface area contributed by atoms with Gasteiger partial charge < -0.3 is 10.2 Å². The molecule has 0 bridgehead atoms. The molecule has 3 nitrogen and oxygen atoms in total. The molecule has 0 aliphatic carbocycles. The number of hydrogen-bond acceptors (Lipinski definition) is 3. The summed E-state index contributed by atoms with van der Waals surface area (Å²) in [6.45, 7) is -1.79. The molecule has 0 aromatic heterocycles. The fourth-order valence-electron chi connectivity index (χ4n) is 0.788. The Labute approximate surface area is 68.4 Å². The molecule has 12 heavy (non-hydrogen) atoms. The second-order valence-electron chi connectivity index (χ2n) is 2.65. The predicted octanol–water partition coefficient (Wildman–Crippen LogP) is -0.166. The van der Waals surface area contributed by atoms with Crippen LogP contribution in [0.25, 0.3) is 0 Å². The van der Waals surface area contributed by atoms with Gasteiger partial charge in [0.2, 0.25) is 0 Å². The van der Waals surface area contributed by atoms with Gasteiger partial charge in [-0.15, -0.1) is 0 Å². The largest absolute Gasteiger partial charge is 0.401 e. The van der Waals surface area contributed by atoms with E-state index < -0.39 is 25.4 Å². The van der Waals surface area contributed by atoms with Crippen molar-refractivity contribution >= 4 is 0 Å². The first-order valence-corrected chi connectivity index (χ1v) is 3.39. The first kappa shape index (κ1) is 11.7. The van der Waals surface area contributed by atoms with Gasteiger partial charge in [0.1, 0.15) is 0 Å². The third-order valence-corrected chi connectivity index (χ3v) is 1.18. The van der Waals surface area contributed by atoms with Gasteiger partial charge in [-0.3, -0.25) is 4.90 Å². The molecule has 2 N–H and O–H groups in total. The van der Waals surface area contributed by atoms with Crippen molar-refractivity contribution in [1.82, 2.24) is 4.90 Å². The minimum atomic E-state index is -4.26. The highest BCUT2D eigenvalue weighted by Crippen LogP contribution is 2.15. The Morgan fingerprint density at radius 1 is 1.42 bits per heavy atom. The summed E-state index contributed by atoms with van der Waals surface area (Å²) in [5.74, 6) is 0. The van der Waals surface area contributed by atoms with Crippen LogP contribution >= 0.6 is 0 Å². The van der Waals surface area contributed by atoms with Crippen LogP contribution < -0.4 is 0 Å². The average molecular weight is 187 g/mol. The van der Waals surface area contributed by atoms with Gasteiger partial charge in [-0.05, 0) is 7.05 Å². The van der Waals surface area contributed by atoms with Gasteiger partial charge >= 0.3 is 6.18 Å². The zero-order valence-electron chi connectivity index (χ0n) is 6.67. The van der Waals surface area contributed by atoms with Crippen molar-refractivity contribution in [2.75, 3.05) is 26.7 Å². The van der Waals surface area contributed by atoms with Crippen LogP contribution in [0.4, 0.5) is 13.2 Å². The second kappa shape index (κ2) is 4.64. The summed E-state index contributed by atoms with van der Waals surface area (Å²) >= 11 is 0. The van der Waals surface area contributed by atoms with Crippen molar-refractivity contribution < 1.29 is 23.4 Å². The number of halogens is 3. The van der Waals surface area contributed by atoms with Gasteiger partial charge in [-0.2, -0.15) is 13.2 Å². The highest BCUT2D eigenvalue weighted by Gasteiger charge is 2.29. The predicted molar refractivity (Wildman–Crippen MR) is 36.6 cm³/mol. The maximum absolute atomic E-state index is 11.7. The van der Waals surface area contributed by atoms with Crippen LogP contribution in [0, 0.1) is 0 Å². The molecule has 0 amide bonds. The molecule has 0 aliphatic heterocycles.